The smallest absolute Gasteiger partial charge is 0.223 e. The van der Waals surface area contributed by atoms with Crippen molar-refractivity contribution in [2.45, 2.75) is 38.1 Å². The number of aromatic nitrogens is 5. The Balaban J connectivity index is 1.26. The minimum absolute atomic E-state index is 0.00819. The number of hydrogen-bond acceptors (Lipinski definition) is 4. The molecule has 0 saturated carbocycles. The number of nitrogens with one attached hydrogen (secondary N) is 4. The molecule has 3 aromatic carbocycles. The molecule has 4 N–H and O–H groups in total. The highest BCUT2D eigenvalue weighted by Crippen LogP contribution is 2.28. The lowest BCUT2D eigenvalue weighted by atomic mass is 9.96. The summed E-state index contributed by atoms with van der Waals surface area (Å²) in [4.78, 5) is 20.4. The molecule has 0 unspecified atom stereocenters. The maximum absolute atomic E-state index is 13.6. The van der Waals surface area contributed by atoms with Crippen LogP contribution in [0.4, 0.5) is 0 Å². The average molecular weight is 558 g/mol. The van der Waals surface area contributed by atoms with Gasteiger partial charge < -0.3 is 20.6 Å². The van der Waals surface area contributed by atoms with Crippen LogP contribution in [0.3, 0.4) is 0 Å². The minimum atomic E-state index is -0.346. The van der Waals surface area contributed by atoms with E-state index in [0.29, 0.717) is 12.8 Å². The molecule has 8 heteroatoms. The molecule has 1 atom stereocenters. The molecular formula is C34H35N7O. The molecule has 3 aromatic heterocycles. The van der Waals surface area contributed by atoms with Crippen LogP contribution in [-0.2, 0) is 24.1 Å². The largest absolute Gasteiger partial charge is 0.361 e. The van der Waals surface area contributed by atoms with Crippen molar-refractivity contribution in [3.8, 4) is 5.69 Å². The lowest BCUT2D eigenvalue weighted by molar-refractivity contribution is -0.126. The summed E-state index contributed by atoms with van der Waals surface area (Å²) in [6.45, 7) is 1.73. The average Bonchev–Trinajstić information content (AvgIpc) is 3.77. The molecule has 6 aromatic rings. The highest BCUT2D eigenvalue weighted by Gasteiger charge is 2.29. The molecule has 8 nitrogen and oxygen atoms in total. The second kappa shape index (κ2) is 11.7. The minimum Gasteiger partial charge on any atom is -0.361 e. The maximum atomic E-state index is 13.6. The molecule has 1 amide bonds. The van der Waals surface area contributed by atoms with Gasteiger partial charge in [-0.3, -0.25) is 9.36 Å². The van der Waals surface area contributed by atoms with Gasteiger partial charge >= 0.3 is 0 Å². The van der Waals surface area contributed by atoms with Crippen LogP contribution in [-0.4, -0.2) is 43.7 Å². The Morgan fingerprint density at radius 1 is 0.810 bits per heavy atom. The zero-order valence-corrected chi connectivity index (χ0v) is 23.5. The fourth-order valence-corrected chi connectivity index (χ4v) is 6.26. The van der Waals surface area contributed by atoms with Gasteiger partial charge in [0.1, 0.15) is 5.82 Å². The molecule has 1 aliphatic rings. The van der Waals surface area contributed by atoms with Crippen LogP contribution in [0.5, 0.6) is 0 Å². The first-order valence-electron chi connectivity index (χ1n) is 14.9. The van der Waals surface area contributed by atoms with Crippen LogP contribution in [0.25, 0.3) is 27.5 Å². The van der Waals surface area contributed by atoms with E-state index in [4.69, 9.17) is 10.2 Å². The number of piperidine rings is 1. The molecule has 1 aliphatic heterocycles. The van der Waals surface area contributed by atoms with Gasteiger partial charge in [-0.05, 0) is 67.7 Å². The Bertz CT molecular complexity index is 1810. The van der Waals surface area contributed by atoms with Crippen molar-refractivity contribution in [3.63, 3.8) is 0 Å². The van der Waals surface area contributed by atoms with E-state index in [2.05, 4.69) is 86.1 Å². The Morgan fingerprint density at radius 2 is 1.45 bits per heavy atom. The number of benzene rings is 3. The molecule has 0 bridgehead atoms. The topological polar surface area (TPSA) is 103 Å². The summed E-state index contributed by atoms with van der Waals surface area (Å²) >= 11 is 0. The lowest BCUT2D eigenvalue weighted by Crippen LogP contribution is -2.40. The first kappa shape index (κ1) is 26.2. The van der Waals surface area contributed by atoms with Crippen LogP contribution in [0.2, 0.25) is 0 Å². The highest BCUT2D eigenvalue weighted by molar-refractivity contribution is 5.84. The summed E-state index contributed by atoms with van der Waals surface area (Å²) < 4.78 is 2.15. The van der Waals surface area contributed by atoms with E-state index in [1.807, 2.05) is 30.3 Å². The fraction of sp³-hybridized carbons (Fsp3) is 0.265. The van der Waals surface area contributed by atoms with Crippen LogP contribution in [0.15, 0.2) is 91.3 Å². The van der Waals surface area contributed by atoms with Gasteiger partial charge in [-0.1, -0.05) is 54.6 Å². The molecule has 1 fully saturated rings. The van der Waals surface area contributed by atoms with Gasteiger partial charge in [-0.15, -0.1) is 10.2 Å². The first-order chi connectivity index (χ1) is 20.7. The molecule has 0 aliphatic carbocycles. The highest BCUT2D eigenvalue weighted by atomic mass is 16.2. The number of nitrogens with zero attached hydrogens (tertiary/aromatic N) is 3. The first-order valence-corrected chi connectivity index (χ1v) is 14.9. The molecule has 42 heavy (non-hydrogen) atoms. The predicted molar refractivity (Wildman–Crippen MR) is 166 cm³/mol. The van der Waals surface area contributed by atoms with Gasteiger partial charge in [-0.2, -0.15) is 0 Å². The number of hydrogen-bond donors (Lipinski definition) is 4. The fourth-order valence-electron chi connectivity index (χ4n) is 6.26. The van der Waals surface area contributed by atoms with Gasteiger partial charge in [0.05, 0.1) is 6.04 Å². The molecule has 1 saturated heterocycles. The van der Waals surface area contributed by atoms with E-state index < -0.39 is 0 Å². The number of H-pyrrole nitrogens is 2. The van der Waals surface area contributed by atoms with Gasteiger partial charge in [0.15, 0.2) is 5.82 Å². The quantitative estimate of drug-likeness (QED) is 0.191. The predicted octanol–water partition coefficient (Wildman–Crippen LogP) is 5.41. The molecule has 0 spiro atoms. The van der Waals surface area contributed by atoms with Gasteiger partial charge in [0, 0.05) is 58.6 Å². The molecule has 4 heterocycles. The monoisotopic (exact) mass is 557 g/mol. The van der Waals surface area contributed by atoms with Crippen LogP contribution in [0.1, 0.15) is 41.7 Å². The normalized spacial score (nSPS) is 14.9. The lowest BCUT2D eigenvalue weighted by Gasteiger charge is -2.25. The Morgan fingerprint density at radius 3 is 2.19 bits per heavy atom. The zero-order chi connectivity index (χ0) is 28.3. The summed E-state index contributed by atoms with van der Waals surface area (Å²) in [5.74, 6) is 1.71. The number of fused-ring (bicyclic) bond motifs is 2. The number of aromatic amines is 2. The molecular weight excluding hydrogens is 522 g/mol. The van der Waals surface area contributed by atoms with Crippen LogP contribution in [0, 0.1) is 5.92 Å². The van der Waals surface area contributed by atoms with Crippen molar-refractivity contribution in [1.29, 1.82) is 0 Å². The number of carbonyl (C=O) groups excluding carboxylic acids is 1. The van der Waals surface area contributed by atoms with Crippen molar-refractivity contribution in [3.05, 3.63) is 114 Å². The van der Waals surface area contributed by atoms with Crippen molar-refractivity contribution in [2.24, 2.45) is 5.92 Å². The van der Waals surface area contributed by atoms with Gasteiger partial charge in [-0.25, -0.2) is 0 Å². The second-order valence-electron chi connectivity index (χ2n) is 11.2. The van der Waals surface area contributed by atoms with Gasteiger partial charge in [0.25, 0.3) is 0 Å². The van der Waals surface area contributed by atoms with E-state index >= 15 is 0 Å². The maximum Gasteiger partial charge on any atom is 0.223 e. The Hall–Kier alpha value is -4.69. The second-order valence-corrected chi connectivity index (χ2v) is 11.2. The van der Waals surface area contributed by atoms with Crippen LogP contribution < -0.4 is 10.6 Å². The summed E-state index contributed by atoms with van der Waals surface area (Å²) in [7, 11) is 0. The third-order valence-corrected chi connectivity index (χ3v) is 8.50. The number of rotatable bonds is 9. The van der Waals surface area contributed by atoms with E-state index in [1.54, 1.807) is 0 Å². The molecule has 212 valence electrons. The van der Waals surface area contributed by atoms with E-state index in [1.165, 1.54) is 10.9 Å². The Labute approximate surface area is 244 Å². The Kier molecular flexibility index (Phi) is 7.28. The summed E-state index contributed by atoms with van der Waals surface area (Å²) in [5.41, 5.74) is 5.61. The van der Waals surface area contributed by atoms with E-state index in [-0.39, 0.29) is 17.9 Å². The van der Waals surface area contributed by atoms with E-state index in [9.17, 15) is 4.79 Å². The SMILES string of the molecule is O=C(N[C@H](Cc1c[nH]c2ccccc12)c1nnc(CCc2c[nH]c3ccccc23)n1-c1ccccc1)C1CCNCC1. The van der Waals surface area contributed by atoms with Crippen molar-refractivity contribution in [1.82, 2.24) is 35.4 Å². The number of aryl methyl sites for hydroxylation is 2. The zero-order valence-electron chi connectivity index (χ0n) is 23.5. The molecule has 7 rings (SSSR count). The van der Waals surface area contributed by atoms with E-state index in [0.717, 1.165) is 71.7 Å². The number of amides is 1. The number of carbonyl (C=O) groups is 1. The molecule has 0 radical (unpaired) electrons. The van der Waals surface area contributed by atoms with Crippen LogP contribution >= 0.6 is 0 Å². The summed E-state index contributed by atoms with van der Waals surface area (Å²) in [6.07, 6.45) is 7.96. The standard InChI is InChI=1S/C34H35N7O/c42-34(23-16-18-35-19-17-23)38-31(20-25-22-37-30-13-7-5-11-28(25)30)33-40-39-32(41(33)26-8-2-1-3-9-26)15-14-24-21-36-29-12-6-4-10-27(24)29/h1-13,21-23,31,35-37H,14-20H2,(H,38,42)/t31-/m1/s1. The third kappa shape index (κ3) is 5.21. The number of para-hydroxylation sites is 3. The van der Waals surface area contributed by atoms with Gasteiger partial charge in [0.2, 0.25) is 5.91 Å². The third-order valence-electron chi connectivity index (χ3n) is 8.50. The summed E-state index contributed by atoms with van der Waals surface area (Å²) in [6, 6.07) is 26.6. The van der Waals surface area contributed by atoms with Crippen molar-refractivity contribution in [2.75, 3.05) is 13.1 Å². The summed E-state index contributed by atoms with van der Waals surface area (Å²) in [5, 5.41) is 18.7. The van der Waals surface area contributed by atoms with Crippen molar-refractivity contribution < 1.29 is 4.79 Å². The van der Waals surface area contributed by atoms with Crippen molar-refractivity contribution >= 4 is 27.7 Å².